The Bertz CT molecular complexity index is 572. The number of rotatable bonds is 4. The maximum Gasteiger partial charge on any atom is 0.362 e. The van der Waals surface area contributed by atoms with Gasteiger partial charge in [0.25, 0.3) is 0 Å². The van der Waals surface area contributed by atoms with Crippen molar-refractivity contribution < 1.29 is 18.3 Å². The van der Waals surface area contributed by atoms with E-state index in [4.69, 9.17) is 0 Å². The minimum absolute atomic E-state index is 0.421. The number of aromatic nitrogens is 3. The second-order valence-corrected chi connectivity index (χ2v) is 3.76. The highest BCUT2D eigenvalue weighted by atomic mass is 19.1. The molecular weight excluding hydrogens is 256 g/mol. The molecule has 19 heavy (non-hydrogen) atoms. The summed E-state index contributed by atoms with van der Waals surface area (Å²) in [6, 6.07) is 4.81. The molecule has 2 aromatic rings. The van der Waals surface area contributed by atoms with Crippen LogP contribution >= 0.6 is 0 Å². The Hall–Kier alpha value is -2.31. The maximum atomic E-state index is 13.5. The van der Waals surface area contributed by atoms with Crippen LogP contribution in [0.5, 0.6) is 0 Å². The molecule has 2 rings (SSSR count). The van der Waals surface area contributed by atoms with Crippen molar-refractivity contribution in [3.8, 4) is 0 Å². The van der Waals surface area contributed by atoms with Crippen LogP contribution in [0.25, 0.3) is 0 Å². The van der Waals surface area contributed by atoms with Crippen molar-refractivity contribution >= 4 is 5.97 Å². The molecule has 7 heteroatoms. The van der Waals surface area contributed by atoms with Gasteiger partial charge in [0.2, 0.25) is 12.8 Å². The number of ether oxygens (including phenoxy) is 1. The SMILES string of the molecule is C[C@H](c1ccccn1)n1cnc(F)c1C(=O)OCF. The summed E-state index contributed by atoms with van der Waals surface area (Å²) in [5.74, 6) is -2.10. The van der Waals surface area contributed by atoms with Crippen LogP contribution in [0.1, 0.15) is 29.1 Å². The zero-order chi connectivity index (χ0) is 13.8. The normalized spacial score (nSPS) is 12.2. The third kappa shape index (κ3) is 2.59. The van der Waals surface area contributed by atoms with Gasteiger partial charge >= 0.3 is 5.97 Å². The summed E-state index contributed by atoms with van der Waals surface area (Å²) in [5.41, 5.74) is 0.199. The Morgan fingerprint density at radius 2 is 2.26 bits per heavy atom. The Labute approximate surface area is 107 Å². The molecule has 0 N–H and O–H groups in total. The Morgan fingerprint density at radius 1 is 1.47 bits per heavy atom. The lowest BCUT2D eigenvalue weighted by atomic mass is 10.2. The summed E-state index contributed by atoms with van der Waals surface area (Å²) in [6.07, 6.45) is 2.74. The first-order valence-electron chi connectivity index (χ1n) is 5.51. The van der Waals surface area contributed by atoms with E-state index in [-0.39, 0.29) is 0 Å². The zero-order valence-corrected chi connectivity index (χ0v) is 10.1. The monoisotopic (exact) mass is 267 g/mol. The number of hydrogen-bond donors (Lipinski definition) is 0. The van der Waals surface area contributed by atoms with E-state index in [0.29, 0.717) is 5.69 Å². The van der Waals surface area contributed by atoms with Crippen molar-refractivity contribution in [2.24, 2.45) is 0 Å². The van der Waals surface area contributed by atoms with Gasteiger partial charge in [0.05, 0.1) is 18.1 Å². The molecule has 0 unspecified atom stereocenters. The third-order valence-electron chi connectivity index (χ3n) is 2.66. The molecule has 5 nitrogen and oxygen atoms in total. The van der Waals surface area contributed by atoms with Crippen molar-refractivity contribution in [1.29, 1.82) is 0 Å². The Morgan fingerprint density at radius 3 is 2.89 bits per heavy atom. The molecular formula is C12H11F2N3O2. The molecule has 0 bridgehead atoms. The predicted molar refractivity (Wildman–Crippen MR) is 61.6 cm³/mol. The lowest BCUT2D eigenvalue weighted by Gasteiger charge is -2.14. The van der Waals surface area contributed by atoms with Crippen LogP contribution in [-0.4, -0.2) is 27.4 Å². The van der Waals surface area contributed by atoms with Crippen LogP contribution in [0.3, 0.4) is 0 Å². The average Bonchev–Trinajstić information content (AvgIpc) is 2.81. The average molecular weight is 267 g/mol. The van der Waals surface area contributed by atoms with E-state index in [9.17, 15) is 13.6 Å². The molecule has 0 aromatic carbocycles. The van der Waals surface area contributed by atoms with Crippen LogP contribution in [0, 0.1) is 5.95 Å². The quantitative estimate of drug-likeness (QED) is 0.796. The molecule has 0 spiro atoms. The second-order valence-electron chi connectivity index (χ2n) is 3.76. The first-order valence-corrected chi connectivity index (χ1v) is 5.51. The number of halogens is 2. The van der Waals surface area contributed by atoms with Gasteiger partial charge < -0.3 is 9.30 Å². The lowest BCUT2D eigenvalue weighted by molar-refractivity contribution is 0.0305. The van der Waals surface area contributed by atoms with Crippen molar-refractivity contribution in [3.63, 3.8) is 0 Å². The van der Waals surface area contributed by atoms with Crippen LogP contribution in [0.15, 0.2) is 30.7 Å². The molecule has 0 saturated carbocycles. The summed E-state index contributed by atoms with van der Waals surface area (Å²) in [7, 11) is 0. The summed E-state index contributed by atoms with van der Waals surface area (Å²) in [5, 5.41) is 0. The highest BCUT2D eigenvalue weighted by molar-refractivity contribution is 5.87. The standard InChI is InChI=1S/C12H11F2N3O2/c1-8(9-4-2-3-5-15-9)17-7-16-11(14)10(17)12(18)19-6-13/h2-5,7-8H,6H2,1H3/t8-/m1/s1. The minimum atomic E-state index is -1.32. The third-order valence-corrected chi connectivity index (χ3v) is 2.66. The van der Waals surface area contributed by atoms with Crippen LogP contribution in [0.4, 0.5) is 8.78 Å². The molecule has 0 amide bonds. The molecule has 2 aromatic heterocycles. The summed E-state index contributed by atoms with van der Waals surface area (Å²) >= 11 is 0. The molecule has 0 radical (unpaired) electrons. The van der Waals surface area contributed by atoms with Crippen LogP contribution < -0.4 is 0 Å². The fourth-order valence-electron chi connectivity index (χ4n) is 1.71. The summed E-state index contributed by atoms with van der Waals surface area (Å²) < 4.78 is 30.9. The van der Waals surface area contributed by atoms with Crippen molar-refractivity contribution in [3.05, 3.63) is 48.1 Å². The molecule has 0 aliphatic rings. The number of nitrogens with zero attached hydrogens (tertiary/aromatic N) is 3. The van der Waals surface area contributed by atoms with Crippen LogP contribution in [0.2, 0.25) is 0 Å². The van der Waals surface area contributed by atoms with E-state index in [1.165, 1.54) is 4.57 Å². The van der Waals surface area contributed by atoms with E-state index in [0.717, 1.165) is 6.33 Å². The number of carbonyl (C=O) groups is 1. The number of carbonyl (C=O) groups excluding carboxylic acids is 1. The van der Waals surface area contributed by atoms with Gasteiger partial charge in [-0.3, -0.25) is 4.98 Å². The minimum Gasteiger partial charge on any atom is -0.429 e. The first kappa shape index (κ1) is 13.1. The number of imidazole rings is 1. The zero-order valence-electron chi connectivity index (χ0n) is 10.1. The van der Waals surface area contributed by atoms with Gasteiger partial charge in [-0.25, -0.2) is 14.2 Å². The van der Waals surface area contributed by atoms with Gasteiger partial charge in [-0.1, -0.05) is 6.07 Å². The van der Waals surface area contributed by atoms with Gasteiger partial charge in [-0.05, 0) is 19.1 Å². The van der Waals surface area contributed by atoms with Gasteiger partial charge in [-0.15, -0.1) is 0 Å². The Balaban J connectivity index is 2.38. The van der Waals surface area contributed by atoms with Gasteiger partial charge in [0, 0.05) is 6.20 Å². The summed E-state index contributed by atoms with van der Waals surface area (Å²) in [6.45, 7) is 0.400. The first-order chi connectivity index (χ1) is 9.15. The van der Waals surface area contributed by atoms with Gasteiger partial charge in [0.1, 0.15) is 0 Å². The van der Waals surface area contributed by atoms with Gasteiger partial charge in [0.15, 0.2) is 5.69 Å². The highest BCUT2D eigenvalue weighted by Crippen LogP contribution is 2.19. The predicted octanol–water partition coefficient (Wildman–Crippen LogP) is 2.11. The summed E-state index contributed by atoms with van der Waals surface area (Å²) in [4.78, 5) is 19.0. The largest absolute Gasteiger partial charge is 0.429 e. The smallest absolute Gasteiger partial charge is 0.362 e. The highest BCUT2D eigenvalue weighted by Gasteiger charge is 2.24. The fraction of sp³-hybridized carbons (Fsp3) is 0.250. The van der Waals surface area contributed by atoms with E-state index < -0.39 is 30.5 Å². The van der Waals surface area contributed by atoms with E-state index in [1.807, 2.05) is 0 Å². The maximum absolute atomic E-state index is 13.5. The molecule has 0 aliphatic carbocycles. The topological polar surface area (TPSA) is 57.0 Å². The van der Waals surface area contributed by atoms with Crippen molar-refractivity contribution in [2.45, 2.75) is 13.0 Å². The number of alkyl halides is 1. The van der Waals surface area contributed by atoms with Crippen molar-refractivity contribution in [1.82, 2.24) is 14.5 Å². The lowest BCUT2D eigenvalue weighted by Crippen LogP contribution is -2.17. The molecule has 100 valence electrons. The molecule has 0 saturated heterocycles. The molecule has 0 aliphatic heterocycles. The number of hydrogen-bond acceptors (Lipinski definition) is 4. The second kappa shape index (κ2) is 5.55. The van der Waals surface area contributed by atoms with E-state index in [2.05, 4.69) is 14.7 Å². The number of pyridine rings is 1. The van der Waals surface area contributed by atoms with Crippen LogP contribution in [-0.2, 0) is 4.74 Å². The molecule has 0 fully saturated rings. The van der Waals surface area contributed by atoms with E-state index >= 15 is 0 Å². The molecule has 1 atom stereocenters. The fourth-order valence-corrected chi connectivity index (χ4v) is 1.71. The number of esters is 1. The van der Waals surface area contributed by atoms with Crippen molar-refractivity contribution in [2.75, 3.05) is 6.86 Å². The van der Waals surface area contributed by atoms with E-state index in [1.54, 1.807) is 31.3 Å². The van der Waals surface area contributed by atoms with Gasteiger partial charge in [-0.2, -0.15) is 4.39 Å². The Kier molecular flexibility index (Phi) is 3.84. The molecule has 2 heterocycles.